The van der Waals surface area contributed by atoms with Gasteiger partial charge in [0.05, 0.1) is 12.6 Å². The highest BCUT2D eigenvalue weighted by Gasteiger charge is 2.13. The lowest BCUT2D eigenvalue weighted by molar-refractivity contribution is -0.0318. The van der Waals surface area contributed by atoms with E-state index in [0.29, 0.717) is 12.7 Å². The molecular formula is C20H33N3O3. The Hall–Kier alpha value is -1.79. The Bertz CT molecular complexity index is 504. The van der Waals surface area contributed by atoms with Gasteiger partial charge >= 0.3 is 0 Å². The maximum Gasteiger partial charge on any atom is 0.193 e. The summed E-state index contributed by atoms with van der Waals surface area (Å²) < 4.78 is 17.0. The van der Waals surface area contributed by atoms with Crippen LogP contribution in [0.3, 0.4) is 0 Å². The predicted molar refractivity (Wildman–Crippen MR) is 105 cm³/mol. The van der Waals surface area contributed by atoms with Crippen molar-refractivity contribution in [2.45, 2.75) is 32.3 Å². The van der Waals surface area contributed by atoms with E-state index in [-0.39, 0.29) is 0 Å². The highest BCUT2D eigenvalue weighted by Crippen LogP contribution is 2.10. The second-order valence-corrected chi connectivity index (χ2v) is 6.35. The first kappa shape index (κ1) is 20.5. The van der Waals surface area contributed by atoms with Crippen LogP contribution in [0.2, 0.25) is 0 Å². The first-order valence-electron chi connectivity index (χ1n) is 9.66. The van der Waals surface area contributed by atoms with E-state index >= 15 is 0 Å². The fourth-order valence-electron chi connectivity index (χ4n) is 2.73. The van der Waals surface area contributed by atoms with Gasteiger partial charge in [-0.3, -0.25) is 4.99 Å². The zero-order chi connectivity index (χ0) is 18.5. The molecule has 2 rings (SSSR count). The van der Waals surface area contributed by atoms with Gasteiger partial charge in [-0.05, 0) is 38.3 Å². The molecule has 0 radical (unpaired) electrons. The van der Waals surface area contributed by atoms with Crippen LogP contribution in [0.4, 0.5) is 0 Å². The highest BCUT2D eigenvalue weighted by atomic mass is 16.5. The molecule has 26 heavy (non-hydrogen) atoms. The van der Waals surface area contributed by atoms with Crippen molar-refractivity contribution in [2.75, 3.05) is 53.1 Å². The third-order valence-corrected chi connectivity index (χ3v) is 4.22. The molecule has 1 fully saturated rings. The Balaban J connectivity index is 1.65. The van der Waals surface area contributed by atoms with E-state index in [9.17, 15) is 0 Å². The summed E-state index contributed by atoms with van der Waals surface area (Å²) in [6, 6.07) is 9.89. The van der Waals surface area contributed by atoms with Gasteiger partial charge in [0.15, 0.2) is 5.96 Å². The van der Waals surface area contributed by atoms with Gasteiger partial charge in [-0.25, -0.2) is 0 Å². The molecule has 0 bridgehead atoms. The van der Waals surface area contributed by atoms with Crippen molar-refractivity contribution in [3.8, 4) is 5.75 Å². The largest absolute Gasteiger partial charge is 0.492 e. The van der Waals surface area contributed by atoms with E-state index in [1.807, 2.05) is 37.4 Å². The average molecular weight is 364 g/mol. The summed E-state index contributed by atoms with van der Waals surface area (Å²) in [5.41, 5.74) is 0. The van der Waals surface area contributed by atoms with Crippen molar-refractivity contribution in [1.82, 2.24) is 10.2 Å². The fourth-order valence-corrected chi connectivity index (χ4v) is 2.73. The van der Waals surface area contributed by atoms with E-state index in [2.05, 4.69) is 17.1 Å². The van der Waals surface area contributed by atoms with Crippen molar-refractivity contribution < 1.29 is 14.2 Å². The van der Waals surface area contributed by atoms with Crippen molar-refractivity contribution in [1.29, 1.82) is 0 Å². The second kappa shape index (κ2) is 12.5. The number of ether oxygens (including phenoxy) is 3. The van der Waals surface area contributed by atoms with Crippen molar-refractivity contribution in [2.24, 2.45) is 4.99 Å². The van der Waals surface area contributed by atoms with Crippen LogP contribution in [0.5, 0.6) is 5.75 Å². The minimum Gasteiger partial charge on any atom is -0.492 e. The monoisotopic (exact) mass is 363 g/mol. The van der Waals surface area contributed by atoms with Gasteiger partial charge in [0.2, 0.25) is 0 Å². The molecule has 1 heterocycles. The maximum atomic E-state index is 5.90. The molecule has 1 aromatic rings. The second-order valence-electron chi connectivity index (χ2n) is 6.35. The van der Waals surface area contributed by atoms with Crippen LogP contribution in [0.25, 0.3) is 0 Å². The first-order valence-corrected chi connectivity index (χ1v) is 9.66. The zero-order valence-corrected chi connectivity index (χ0v) is 16.2. The first-order chi connectivity index (χ1) is 12.8. The molecule has 0 amide bonds. The Morgan fingerprint density at radius 2 is 2.00 bits per heavy atom. The molecule has 0 unspecified atom stereocenters. The molecule has 1 saturated heterocycles. The molecule has 0 aliphatic carbocycles. The van der Waals surface area contributed by atoms with Gasteiger partial charge in [0, 0.05) is 40.0 Å². The average Bonchev–Trinajstić information content (AvgIpc) is 2.68. The topological polar surface area (TPSA) is 55.3 Å². The van der Waals surface area contributed by atoms with Crippen molar-refractivity contribution in [3.63, 3.8) is 0 Å². The van der Waals surface area contributed by atoms with Crippen LogP contribution in [0.15, 0.2) is 35.3 Å². The lowest BCUT2D eigenvalue weighted by Gasteiger charge is -2.23. The third-order valence-electron chi connectivity index (χ3n) is 4.22. The molecule has 1 aliphatic heterocycles. The van der Waals surface area contributed by atoms with Crippen LogP contribution in [-0.4, -0.2) is 70.1 Å². The summed E-state index contributed by atoms with van der Waals surface area (Å²) in [7, 11) is 2.04. The minimum absolute atomic E-state index is 0.360. The van der Waals surface area contributed by atoms with Gasteiger partial charge in [-0.15, -0.1) is 0 Å². The normalized spacial score (nSPS) is 15.7. The maximum absolute atomic E-state index is 5.90. The molecule has 146 valence electrons. The summed E-state index contributed by atoms with van der Waals surface area (Å²) in [4.78, 5) is 6.80. The molecule has 1 N–H and O–H groups in total. The number of likely N-dealkylation sites (N-methyl/N-ethyl adjacent to an activating group) is 1. The molecule has 1 aromatic carbocycles. The lowest BCUT2D eigenvalue weighted by Crippen LogP contribution is -2.41. The smallest absolute Gasteiger partial charge is 0.193 e. The quantitative estimate of drug-likeness (QED) is 0.393. The van der Waals surface area contributed by atoms with E-state index in [1.54, 1.807) is 0 Å². The van der Waals surface area contributed by atoms with Crippen LogP contribution in [0, 0.1) is 0 Å². The summed E-state index contributed by atoms with van der Waals surface area (Å²) in [5, 5.41) is 3.33. The summed E-state index contributed by atoms with van der Waals surface area (Å²) in [6.07, 6.45) is 3.31. The van der Waals surface area contributed by atoms with Gasteiger partial charge in [0.25, 0.3) is 0 Å². The van der Waals surface area contributed by atoms with Gasteiger partial charge < -0.3 is 24.4 Å². The number of aliphatic imine (C=N–C) groups is 1. The highest BCUT2D eigenvalue weighted by molar-refractivity contribution is 5.79. The predicted octanol–water partition coefficient (Wildman–Crippen LogP) is 2.55. The number of para-hydroxylation sites is 1. The summed E-state index contributed by atoms with van der Waals surface area (Å²) >= 11 is 0. The van der Waals surface area contributed by atoms with Gasteiger partial charge in [-0.2, -0.15) is 0 Å². The molecule has 1 aliphatic rings. The Labute approximate surface area is 157 Å². The molecule has 0 saturated carbocycles. The van der Waals surface area contributed by atoms with Crippen molar-refractivity contribution >= 4 is 5.96 Å². The summed E-state index contributed by atoms with van der Waals surface area (Å²) in [6.45, 7) is 7.49. The fraction of sp³-hybridized carbons (Fsp3) is 0.650. The van der Waals surface area contributed by atoms with E-state index in [4.69, 9.17) is 19.2 Å². The minimum atomic E-state index is 0.360. The number of benzene rings is 1. The third kappa shape index (κ3) is 8.06. The van der Waals surface area contributed by atoms with E-state index in [0.717, 1.165) is 70.4 Å². The van der Waals surface area contributed by atoms with Gasteiger partial charge in [-0.1, -0.05) is 18.2 Å². The number of hydrogen-bond donors (Lipinski definition) is 1. The lowest BCUT2D eigenvalue weighted by atomic mass is 10.1. The number of nitrogens with one attached hydrogen (secondary N) is 1. The standard InChI is InChI=1S/C20H33N3O3/c1-3-21-20(22-12-7-14-25-19-10-15-24-16-11-19)23(2)13-17-26-18-8-5-4-6-9-18/h4-6,8-9,19H,3,7,10-17H2,1-2H3,(H,21,22). The van der Waals surface area contributed by atoms with Crippen LogP contribution < -0.4 is 10.1 Å². The Morgan fingerprint density at radius 3 is 2.73 bits per heavy atom. The van der Waals surface area contributed by atoms with Crippen LogP contribution in [-0.2, 0) is 9.47 Å². The molecule has 6 nitrogen and oxygen atoms in total. The number of guanidine groups is 1. The molecule has 0 atom stereocenters. The van der Waals surface area contributed by atoms with Gasteiger partial charge in [0.1, 0.15) is 12.4 Å². The Morgan fingerprint density at radius 1 is 1.23 bits per heavy atom. The number of hydrogen-bond acceptors (Lipinski definition) is 4. The zero-order valence-electron chi connectivity index (χ0n) is 16.2. The number of rotatable bonds is 10. The molecular weight excluding hydrogens is 330 g/mol. The molecule has 0 aromatic heterocycles. The van der Waals surface area contributed by atoms with E-state index < -0.39 is 0 Å². The Kier molecular flexibility index (Phi) is 9.90. The molecule has 0 spiro atoms. The molecule has 6 heteroatoms. The van der Waals surface area contributed by atoms with Crippen LogP contribution >= 0.6 is 0 Å². The van der Waals surface area contributed by atoms with E-state index in [1.165, 1.54) is 0 Å². The van der Waals surface area contributed by atoms with Crippen LogP contribution in [0.1, 0.15) is 26.2 Å². The van der Waals surface area contributed by atoms with Crippen molar-refractivity contribution in [3.05, 3.63) is 30.3 Å². The SMILES string of the molecule is CCNC(=NCCCOC1CCOCC1)N(C)CCOc1ccccc1. The number of nitrogens with zero attached hydrogens (tertiary/aromatic N) is 2. The summed E-state index contributed by atoms with van der Waals surface area (Å²) in [5.74, 6) is 1.81.